The van der Waals surface area contributed by atoms with Crippen molar-refractivity contribution in [1.82, 2.24) is 25.7 Å². The lowest BCUT2D eigenvalue weighted by Crippen LogP contribution is -2.43. The Kier molecular flexibility index (Phi) is 7.26. The fourth-order valence-corrected chi connectivity index (χ4v) is 3.82. The Morgan fingerprint density at radius 3 is 2.55 bits per heavy atom. The van der Waals surface area contributed by atoms with E-state index < -0.39 is 0 Å². The van der Waals surface area contributed by atoms with Crippen LogP contribution in [0.5, 0.6) is 0 Å². The fraction of sp³-hybridized carbons (Fsp3) is 0.280. The molecule has 1 saturated heterocycles. The summed E-state index contributed by atoms with van der Waals surface area (Å²) in [6.45, 7) is 2.22. The molecule has 3 aromatic rings. The van der Waals surface area contributed by atoms with Gasteiger partial charge in [-0.05, 0) is 30.5 Å². The molecule has 0 spiro atoms. The van der Waals surface area contributed by atoms with Gasteiger partial charge in [0, 0.05) is 30.8 Å². The number of carbonyl (C=O) groups excluding carboxylic acids is 1. The van der Waals surface area contributed by atoms with Gasteiger partial charge < -0.3 is 16.5 Å². The van der Waals surface area contributed by atoms with Crippen molar-refractivity contribution in [2.75, 3.05) is 18.8 Å². The van der Waals surface area contributed by atoms with Gasteiger partial charge in [0.05, 0.1) is 11.9 Å². The van der Waals surface area contributed by atoms with Gasteiger partial charge in [0.15, 0.2) is 11.7 Å². The molecular weight excluding hydrogens is 414 g/mol. The summed E-state index contributed by atoms with van der Waals surface area (Å²) in [5, 5.41) is 13.5. The predicted molar refractivity (Wildman–Crippen MR) is 129 cm³/mol. The maximum absolute atomic E-state index is 12.7. The van der Waals surface area contributed by atoms with Gasteiger partial charge in [0.25, 0.3) is 5.91 Å². The number of nitrogens with zero attached hydrogens (tertiary/aromatic N) is 3. The first-order valence-electron chi connectivity index (χ1n) is 11.3. The van der Waals surface area contributed by atoms with Gasteiger partial charge in [-0.15, -0.1) is 0 Å². The highest BCUT2D eigenvalue weighted by atomic mass is 16.1. The van der Waals surface area contributed by atoms with Gasteiger partial charge in [0.1, 0.15) is 5.69 Å². The number of rotatable bonds is 6. The number of benzene rings is 2. The molecule has 1 aliphatic heterocycles. The molecule has 170 valence electrons. The summed E-state index contributed by atoms with van der Waals surface area (Å²) in [7, 11) is 0. The Hall–Kier alpha value is -3.78. The molecule has 33 heavy (non-hydrogen) atoms. The molecule has 1 amide bonds. The first-order valence-corrected chi connectivity index (χ1v) is 11.3. The van der Waals surface area contributed by atoms with Crippen molar-refractivity contribution < 1.29 is 4.79 Å². The second-order valence-electron chi connectivity index (χ2n) is 8.13. The third-order valence-electron chi connectivity index (χ3n) is 5.63. The SMILES string of the molecule is N=C(NN1CCCCCC1)c1nc(-c2cccc(C(=O)NCc3ccccc3)c2)cnc1N. The average molecular weight is 444 g/mol. The molecule has 8 nitrogen and oxygen atoms in total. The van der Waals surface area contributed by atoms with Crippen molar-refractivity contribution in [2.45, 2.75) is 32.2 Å². The summed E-state index contributed by atoms with van der Waals surface area (Å²) < 4.78 is 0. The van der Waals surface area contributed by atoms with E-state index in [4.69, 9.17) is 11.1 Å². The van der Waals surface area contributed by atoms with Crippen LogP contribution in [0.4, 0.5) is 5.82 Å². The van der Waals surface area contributed by atoms with Gasteiger partial charge in [-0.25, -0.2) is 15.0 Å². The van der Waals surface area contributed by atoms with Crippen molar-refractivity contribution in [3.05, 3.63) is 77.6 Å². The number of carbonyl (C=O) groups is 1. The molecule has 0 saturated carbocycles. The second-order valence-corrected chi connectivity index (χ2v) is 8.13. The minimum Gasteiger partial charge on any atom is -0.382 e. The van der Waals surface area contributed by atoms with Crippen molar-refractivity contribution in [2.24, 2.45) is 0 Å². The van der Waals surface area contributed by atoms with Crippen molar-refractivity contribution in [1.29, 1.82) is 5.41 Å². The number of aromatic nitrogens is 2. The van der Waals surface area contributed by atoms with Crippen LogP contribution in [0.25, 0.3) is 11.3 Å². The molecule has 0 radical (unpaired) electrons. The number of nitrogens with two attached hydrogens (primary N) is 1. The predicted octanol–water partition coefficient (Wildman–Crippen LogP) is 3.36. The van der Waals surface area contributed by atoms with Crippen LogP contribution in [0.3, 0.4) is 0 Å². The molecule has 4 rings (SSSR count). The number of nitrogens with one attached hydrogen (secondary N) is 3. The molecule has 2 heterocycles. The van der Waals surface area contributed by atoms with Crippen LogP contribution in [-0.4, -0.2) is 39.8 Å². The maximum atomic E-state index is 12.7. The van der Waals surface area contributed by atoms with E-state index in [9.17, 15) is 4.79 Å². The van der Waals surface area contributed by atoms with Crippen LogP contribution in [0.1, 0.15) is 47.3 Å². The second kappa shape index (κ2) is 10.7. The number of amidine groups is 1. The lowest BCUT2D eigenvalue weighted by Gasteiger charge is -2.22. The molecule has 8 heteroatoms. The van der Waals surface area contributed by atoms with E-state index in [1.54, 1.807) is 18.3 Å². The van der Waals surface area contributed by atoms with Gasteiger partial charge in [-0.2, -0.15) is 0 Å². The molecule has 1 aliphatic rings. The smallest absolute Gasteiger partial charge is 0.251 e. The Morgan fingerprint density at radius 1 is 1.03 bits per heavy atom. The number of nitrogen functional groups attached to an aromatic ring is 1. The molecule has 0 bridgehead atoms. The van der Waals surface area contributed by atoms with Gasteiger partial charge in [-0.1, -0.05) is 55.3 Å². The van der Waals surface area contributed by atoms with E-state index >= 15 is 0 Å². The largest absolute Gasteiger partial charge is 0.382 e. The molecule has 0 unspecified atom stereocenters. The van der Waals surface area contributed by atoms with Crippen LogP contribution >= 0.6 is 0 Å². The number of amides is 1. The zero-order valence-corrected chi connectivity index (χ0v) is 18.6. The molecule has 0 aliphatic carbocycles. The van der Waals surface area contributed by atoms with Crippen molar-refractivity contribution >= 4 is 17.6 Å². The summed E-state index contributed by atoms with van der Waals surface area (Å²) in [5.74, 6) is 0.156. The maximum Gasteiger partial charge on any atom is 0.251 e. The van der Waals surface area contributed by atoms with Crippen LogP contribution in [0.15, 0.2) is 60.8 Å². The zero-order chi connectivity index (χ0) is 23.0. The van der Waals surface area contributed by atoms with E-state index in [0.29, 0.717) is 23.5 Å². The Labute approximate surface area is 193 Å². The third kappa shape index (κ3) is 5.93. The average Bonchev–Trinajstić information content (AvgIpc) is 3.12. The highest BCUT2D eigenvalue weighted by molar-refractivity contribution is 5.98. The van der Waals surface area contributed by atoms with Crippen LogP contribution in [0, 0.1) is 5.41 Å². The summed E-state index contributed by atoms with van der Waals surface area (Å²) in [5.41, 5.74) is 12.3. The molecule has 1 fully saturated rings. The number of hydrogen-bond donors (Lipinski definition) is 4. The third-order valence-corrected chi connectivity index (χ3v) is 5.63. The van der Waals surface area contributed by atoms with Crippen LogP contribution in [-0.2, 0) is 6.54 Å². The zero-order valence-electron chi connectivity index (χ0n) is 18.6. The number of hydrazine groups is 1. The molecule has 1 aromatic heterocycles. The molecular formula is C25H29N7O. The quantitative estimate of drug-likeness (QED) is 0.343. The first kappa shape index (κ1) is 22.4. The van der Waals surface area contributed by atoms with E-state index in [2.05, 4.69) is 20.7 Å². The molecule has 5 N–H and O–H groups in total. The monoisotopic (exact) mass is 443 g/mol. The van der Waals surface area contributed by atoms with Crippen LogP contribution in [0.2, 0.25) is 0 Å². The summed E-state index contributed by atoms with van der Waals surface area (Å²) in [4.78, 5) is 21.5. The van der Waals surface area contributed by atoms with Gasteiger partial charge >= 0.3 is 0 Å². The van der Waals surface area contributed by atoms with Gasteiger partial charge in [0.2, 0.25) is 0 Å². The molecule has 0 atom stereocenters. The summed E-state index contributed by atoms with van der Waals surface area (Å²) in [6.07, 6.45) is 6.18. The number of anilines is 1. The highest BCUT2D eigenvalue weighted by Crippen LogP contribution is 2.20. The van der Waals surface area contributed by atoms with Crippen LogP contribution < -0.4 is 16.5 Å². The Balaban J connectivity index is 1.48. The highest BCUT2D eigenvalue weighted by Gasteiger charge is 2.16. The fourth-order valence-electron chi connectivity index (χ4n) is 3.82. The van der Waals surface area contributed by atoms with Crippen molar-refractivity contribution in [3.63, 3.8) is 0 Å². The lowest BCUT2D eigenvalue weighted by atomic mass is 10.1. The lowest BCUT2D eigenvalue weighted by molar-refractivity contribution is 0.0951. The Bertz CT molecular complexity index is 1110. The molecule has 2 aromatic carbocycles. The van der Waals surface area contributed by atoms with E-state index in [1.165, 1.54) is 12.8 Å². The minimum absolute atomic E-state index is 0.125. The topological polar surface area (TPSA) is 120 Å². The van der Waals surface area contributed by atoms with Gasteiger partial charge in [-0.3, -0.25) is 10.2 Å². The summed E-state index contributed by atoms with van der Waals surface area (Å²) >= 11 is 0. The van der Waals surface area contributed by atoms with Crippen molar-refractivity contribution in [3.8, 4) is 11.3 Å². The first-order chi connectivity index (χ1) is 16.1. The normalized spacial score (nSPS) is 14.3. The minimum atomic E-state index is -0.167. The standard InChI is InChI=1S/C25H29N7O/c26-23-22(24(27)31-32-13-6-1-2-7-14-32)30-21(17-28-23)19-11-8-12-20(15-19)25(33)29-16-18-9-4-3-5-10-18/h3-5,8-12,15,17H,1-2,6-7,13-14,16H2,(H2,26,28)(H2,27,31)(H,29,33). The van der Waals surface area contributed by atoms with E-state index in [-0.39, 0.29) is 17.6 Å². The summed E-state index contributed by atoms with van der Waals surface area (Å²) in [6, 6.07) is 17.0. The van der Waals surface area contributed by atoms with E-state index in [1.807, 2.05) is 47.5 Å². The number of hydrogen-bond acceptors (Lipinski definition) is 6. The van der Waals surface area contributed by atoms with E-state index in [0.717, 1.165) is 37.1 Å². The Morgan fingerprint density at radius 2 is 1.79 bits per heavy atom.